The zero-order valence-electron chi connectivity index (χ0n) is 19.2. The summed E-state index contributed by atoms with van der Waals surface area (Å²) in [6.45, 7) is 4.38. The van der Waals surface area contributed by atoms with Crippen LogP contribution in [0.15, 0.2) is 47.3 Å². The number of aryl methyl sites for hydroxylation is 1. The van der Waals surface area contributed by atoms with Crippen molar-refractivity contribution in [3.63, 3.8) is 0 Å². The number of nitrogens with zero attached hydrogens (tertiary/aromatic N) is 2. The minimum Gasteiger partial charge on any atom is -0.454 e. The molecule has 2 aromatic carbocycles. The quantitative estimate of drug-likeness (QED) is 0.382. The van der Waals surface area contributed by atoms with Crippen molar-refractivity contribution >= 4 is 22.6 Å². The van der Waals surface area contributed by atoms with Gasteiger partial charge in [0.2, 0.25) is 6.79 Å². The summed E-state index contributed by atoms with van der Waals surface area (Å²) < 4.78 is 17.3. The molecular weight excluding hydrogens is 438 g/mol. The average molecular weight is 466 g/mol. The minimum atomic E-state index is -1.05. The Balaban J connectivity index is 1.45. The van der Waals surface area contributed by atoms with Crippen LogP contribution < -0.4 is 20.3 Å². The lowest BCUT2D eigenvalue weighted by atomic mass is 10.1. The summed E-state index contributed by atoms with van der Waals surface area (Å²) in [4.78, 5) is 38.3. The van der Waals surface area contributed by atoms with E-state index in [9.17, 15) is 14.4 Å². The Morgan fingerprint density at radius 3 is 2.68 bits per heavy atom. The van der Waals surface area contributed by atoms with E-state index in [2.05, 4.69) is 17.3 Å². The second-order valence-electron chi connectivity index (χ2n) is 8.08. The number of aromatic nitrogens is 2. The minimum absolute atomic E-state index is 0.0159. The van der Waals surface area contributed by atoms with Gasteiger partial charge in [-0.2, -0.15) is 5.10 Å². The molecule has 1 amide bonds. The number of nitrogens with one attached hydrogen (secondary N) is 1. The first kappa shape index (κ1) is 23.3. The van der Waals surface area contributed by atoms with Crippen molar-refractivity contribution in [2.75, 3.05) is 6.79 Å². The van der Waals surface area contributed by atoms with Crippen LogP contribution in [0.4, 0.5) is 0 Å². The van der Waals surface area contributed by atoms with Crippen molar-refractivity contribution in [2.45, 2.75) is 52.3 Å². The molecule has 9 nitrogen and oxygen atoms in total. The van der Waals surface area contributed by atoms with E-state index < -0.39 is 18.0 Å². The molecule has 178 valence electrons. The molecule has 0 spiro atoms. The molecule has 0 saturated heterocycles. The second kappa shape index (κ2) is 10.4. The van der Waals surface area contributed by atoms with Gasteiger partial charge in [0.05, 0.1) is 5.39 Å². The number of hydrogen-bond donors (Lipinski definition) is 1. The Morgan fingerprint density at radius 2 is 1.88 bits per heavy atom. The molecule has 0 aliphatic carbocycles. The molecule has 0 fully saturated rings. The van der Waals surface area contributed by atoms with Crippen LogP contribution in [-0.2, 0) is 22.6 Å². The number of rotatable bonds is 9. The van der Waals surface area contributed by atoms with E-state index in [4.69, 9.17) is 14.2 Å². The monoisotopic (exact) mass is 465 g/mol. The number of carbonyl (C=O) groups is 2. The predicted molar refractivity (Wildman–Crippen MR) is 125 cm³/mol. The van der Waals surface area contributed by atoms with Crippen LogP contribution in [-0.4, -0.2) is 34.6 Å². The van der Waals surface area contributed by atoms with Crippen LogP contribution in [0.5, 0.6) is 11.5 Å². The van der Waals surface area contributed by atoms with Gasteiger partial charge in [0.1, 0.15) is 0 Å². The number of fused-ring (bicyclic) bond motifs is 2. The van der Waals surface area contributed by atoms with Crippen LogP contribution in [0, 0.1) is 0 Å². The lowest BCUT2D eigenvalue weighted by Crippen LogP contribution is -2.36. The molecule has 3 aromatic rings. The van der Waals surface area contributed by atoms with E-state index in [0.29, 0.717) is 28.8 Å². The Hall–Kier alpha value is -3.88. The summed E-state index contributed by atoms with van der Waals surface area (Å²) in [5.41, 5.74) is 0.586. The van der Waals surface area contributed by atoms with Crippen LogP contribution in [0.25, 0.3) is 10.8 Å². The molecule has 9 heteroatoms. The summed E-state index contributed by atoms with van der Waals surface area (Å²) >= 11 is 0. The highest BCUT2D eigenvalue weighted by Crippen LogP contribution is 2.32. The standard InChI is InChI=1S/C25H27N3O6/c1-3-4-7-12-28-24(30)19-9-6-5-8-18(19)22(27-28)25(31)34-16(2)23(29)26-14-17-10-11-20-21(13-17)33-15-32-20/h5-6,8-11,13,16H,3-4,7,12,14-15H2,1-2H3,(H,26,29)/t16-/m0/s1. The van der Waals surface area contributed by atoms with Gasteiger partial charge in [-0.25, -0.2) is 9.48 Å². The molecule has 0 radical (unpaired) electrons. The van der Waals surface area contributed by atoms with E-state index in [-0.39, 0.29) is 24.6 Å². The topological polar surface area (TPSA) is 109 Å². The number of unbranched alkanes of at least 4 members (excludes halogenated alkanes) is 2. The van der Waals surface area contributed by atoms with E-state index in [0.717, 1.165) is 24.8 Å². The molecule has 0 bridgehead atoms. The number of amides is 1. The molecule has 1 N–H and O–H groups in total. The van der Waals surface area contributed by atoms with Crippen molar-refractivity contribution in [1.29, 1.82) is 0 Å². The molecule has 0 unspecified atom stereocenters. The SMILES string of the molecule is CCCCCn1nc(C(=O)O[C@@H](C)C(=O)NCc2ccc3c(c2)OCO3)c2ccccc2c1=O. The Kier molecular flexibility index (Phi) is 7.10. The first-order valence-electron chi connectivity index (χ1n) is 11.3. The molecule has 1 aromatic heterocycles. The van der Waals surface area contributed by atoms with Crippen molar-refractivity contribution in [3.8, 4) is 11.5 Å². The molecule has 4 rings (SSSR count). The van der Waals surface area contributed by atoms with Gasteiger partial charge in [-0.3, -0.25) is 9.59 Å². The van der Waals surface area contributed by atoms with E-state index in [1.165, 1.54) is 11.6 Å². The number of ether oxygens (including phenoxy) is 3. The molecular formula is C25H27N3O6. The maximum Gasteiger partial charge on any atom is 0.360 e. The maximum atomic E-state index is 13.0. The summed E-state index contributed by atoms with van der Waals surface area (Å²) in [5, 5.41) is 7.82. The van der Waals surface area contributed by atoms with Gasteiger partial charge in [-0.15, -0.1) is 0 Å². The van der Waals surface area contributed by atoms with Gasteiger partial charge < -0.3 is 19.5 Å². The van der Waals surface area contributed by atoms with Gasteiger partial charge in [0.25, 0.3) is 11.5 Å². The summed E-state index contributed by atoms with van der Waals surface area (Å²) in [6.07, 6.45) is 1.66. The van der Waals surface area contributed by atoms with Gasteiger partial charge in [-0.05, 0) is 37.1 Å². The van der Waals surface area contributed by atoms with Gasteiger partial charge in [0.15, 0.2) is 23.3 Å². The lowest BCUT2D eigenvalue weighted by Gasteiger charge is -2.15. The smallest absolute Gasteiger partial charge is 0.360 e. The maximum absolute atomic E-state index is 13.0. The summed E-state index contributed by atoms with van der Waals surface area (Å²) in [5.74, 6) is 0.0733. The Morgan fingerprint density at radius 1 is 1.12 bits per heavy atom. The molecule has 1 aliphatic rings. The highest BCUT2D eigenvalue weighted by Gasteiger charge is 2.23. The second-order valence-corrected chi connectivity index (χ2v) is 8.08. The van der Waals surface area contributed by atoms with Crippen molar-refractivity contribution in [3.05, 3.63) is 64.1 Å². The molecule has 34 heavy (non-hydrogen) atoms. The fourth-order valence-electron chi connectivity index (χ4n) is 3.70. The first-order chi connectivity index (χ1) is 16.5. The fourth-order valence-corrected chi connectivity index (χ4v) is 3.70. The van der Waals surface area contributed by atoms with Crippen LogP contribution in [0.1, 0.15) is 49.2 Å². The van der Waals surface area contributed by atoms with Gasteiger partial charge in [0, 0.05) is 18.5 Å². The van der Waals surface area contributed by atoms with E-state index in [1.807, 2.05) is 6.07 Å². The summed E-state index contributed by atoms with van der Waals surface area (Å²) in [6, 6.07) is 12.2. The highest BCUT2D eigenvalue weighted by molar-refractivity contribution is 6.02. The molecule has 2 heterocycles. The zero-order valence-corrected chi connectivity index (χ0v) is 19.2. The van der Waals surface area contributed by atoms with E-state index in [1.54, 1.807) is 36.4 Å². The van der Waals surface area contributed by atoms with Crippen molar-refractivity contribution in [2.24, 2.45) is 0 Å². The predicted octanol–water partition coefficient (Wildman–Crippen LogP) is 3.18. The largest absolute Gasteiger partial charge is 0.454 e. The third kappa shape index (κ3) is 5.03. The van der Waals surface area contributed by atoms with Crippen LogP contribution in [0.2, 0.25) is 0 Å². The number of benzene rings is 2. The van der Waals surface area contributed by atoms with Crippen LogP contribution >= 0.6 is 0 Å². The van der Waals surface area contributed by atoms with Crippen molar-refractivity contribution < 1.29 is 23.8 Å². The third-order valence-corrected chi connectivity index (χ3v) is 5.59. The number of hydrogen-bond acceptors (Lipinski definition) is 7. The normalized spacial score (nSPS) is 13.0. The van der Waals surface area contributed by atoms with E-state index >= 15 is 0 Å². The van der Waals surface area contributed by atoms with Gasteiger partial charge in [-0.1, -0.05) is 44.0 Å². The van der Waals surface area contributed by atoms with Crippen molar-refractivity contribution in [1.82, 2.24) is 15.1 Å². The number of carbonyl (C=O) groups excluding carboxylic acids is 2. The summed E-state index contributed by atoms with van der Waals surface area (Å²) in [7, 11) is 0. The third-order valence-electron chi connectivity index (χ3n) is 5.59. The fraction of sp³-hybridized carbons (Fsp3) is 0.360. The Labute approximate surface area is 196 Å². The average Bonchev–Trinajstić information content (AvgIpc) is 3.32. The number of esters is 1. The first-order valence-corrected chi connectivity index (χ1v) is 11.3. The zero-order chi connectivity index (χ0) is 24.1. The van der Waals surface area contributed by atoms with Crippen LogP contribution in [0.3, 0.4) is 0 Å². The lowest BCUT2D eigenvalue weighted by molar-refractivity contribution is -0.129. The molecule has 1 atom stereocenters. The molecule has 0 saturated carbocycles. The van der Waals surface area contributed by atoms with Gasteiger partial charge >= 0.3 is 5.97 Å². The highest BCUT2D eigenvalue weighted by atomic mass is 16.7. The molecule has 1 aliphatic heterocycles. The Bertz CT molecular complexity index is 1270.